The van der Waals surface area contributed by atoms with Crippen LogP contribution in [0.5, 0.6) is 0 Å². The summed E-state index contributed by atoms with van der Waals surface area (Å²) in [5, 5.41) is 2.54. The molecule has 1 N–H and O–H groups in total. The number of benzene rings is 2. The molecule has 1 heterocycles. The summed E-state index contributed by atoms with van der Waals surface area (Å²) in [7, 11) is -3.10. The van der Waals surface area contributed by atoms with Crippen molar-refractivity contribution in [2.24, 2.45) is 0 Å². The molecule has 1 amide bonds. The first-order valence-corrected chi connectivity index (χ1v) is 10.5. The molecule has 0 bridgehead atoms. The molecule has 146 valence electrons. The SMILES string of the molecule is O=C(COC(=O)c1ccc(C(=O)c2ccccc2)cc1)N[C@@H]1CCS(=O)(=O)C1. The van der Waals surface area contributed by atoms with E-state index in [4.69, 9.17) is 4.74 Å². The lowest BCUT2D eigenvalue weighted by molar-refractivity contribution is -0.124. The van der Waals surface area contributed by atoms with E-state index in [9.17, 15) is 22.8 Å². The van der Waals surface area contributed by atoms with Crippen LogP contribution in [0.4, 0.5) is 0 Å². The second-order valence-corrected chi connectivity index (χ2v) is 8.74. The van der Waals surface area contributed by atoms with Gasteiger partial charge < -0.3 is 10.1 Å². The van der Waals surface area contributed by atoms with E-state index in [2.05, 4.69) is 5.32 Å². The van der Waals surface area contributed by atoms with Crippen LogP contribution in [-0.2, 0) is 19.4 Å². The highest BCUT2D eigenvalue weighted by molar-refractivity contribution is 7.91. The highest BCUT2D eigenvalue weighted by Gasteiger charge is 2.29. The van der Waals surface area contributed by atoms with Crippen LogP contribution >= 0.6 is 0 Å². The van der Waals surface area contributed by atoms with Crippen molar-refractivity contribution < 1.29 is 27.5 Å². The second-order valence-electron chi connectivity index (χ2n) is 6.52. The molecule has 3 rings (SSSR count). The van der Waals surface area contributed by atoms with Gasteiger partial charge in [-0.05, 0) is 18.6 Å². The van der Waals surface area contributed by atoms with Gasteiger partial charge >= 0.3 is 5.97 Å². The number of rotatable bonds is 6. The van der Waals surface area contributed by atoms with Crippen LogP contribution in [-0.4, -0.2) is 50.2 Å². The maximum absolute atomic E-state index is 12.3. The van der Waals surface area contributed by atoms with Crippen LogP contribution in [0.1, 0.15) is 32.7 Å². The van der Waals surface area contributed by atoms with Crippen molar-refractivity contribution in [3.8, 4) is 0 Å². The van der Waals surface area contributed by atoms with Gasteiger partial charge in [-0.25, -0.2) is 13.2 Å². The first-order valence-electron chi connectivity index (χ1n) is 8.71. The first kappa shape index (κ1) is 19.8. The van der Waals surface area contributed by atoms with Gasteiger partial charge in [-0.15, -0.1) is 0 Å². The minimum atomic E-state index is -3.10. The van der Waals surface area contributed by atoms with Crippen molar-refractivity contribution in [1.29, 1.82) is 0 Å². The quantitative estimate of drug-likeness (QED) is 0.579. The van der Waals surface area contributed by atoms with E-state index in [0.717, 1.165) is 0 Å². The molecule has 8 heteroatoms. The Kier molecular flexibility index (Phi) is 5.89. The van der Waals surface area contributed by atoms with E-state index in [1.807, 2.05) is 6.07 Å². The van der Waals surface area contributed by atoms with Crippen LogP contribution in [0.15, 0.2) is 54.6 Å². The third kappa shape index (κ3) is 5.04. The Morgan fingerprint density at radius 2 is 1.54 bits per heavy atom. The summed E-state index contributed by atoms with van der Waals surface area (Å²) in [5.74, 6) is -1.46. The second kappa shape index (κ2) is 8.35. The Hall–Kier alpha value is -3.00. The largest absolute Gasteiger partial charge is 0.452 e. The molecule has 1 fully saturated rings. The molecule has 7 nitrogen and oxygen atoms in total. The molecule has 0 radical (unpaired) electrons. The molecule has 1 aliphatic rings. The Morgan fingerprint density at radius 3 is 2.14 bits per heavy atom. The topological polar surface area (TPSA) is 107 Å². The summed E-state index contributed by atoms with van der Waals surface area (Å²) < 4.78 is 27.7. The molecule has 0 unspecified atom stereocenters. The minimum absolute atomic E-state index is 0.0474. The zero-order valence-electron chi connectivity index (χ0n) is 15.0. The summed E-state index contributed by atoms with van der Waals surface area (Å²) in [5.41, 5.74) is 1.19. The number of ketones is 1. The molecular formula is C20H19NO6S. The smallest absolute Gasteiger partial charge is 0.338 e. The summed E-state index contributed by atoms with van der Waals surface area (Å²) >= 11 is 0. The van der Waals surface area contributed by atoms with Crippen LogP contribution in [0.3, 0.4) is 0 Å². The molecule has 0 aromatic heterocycles. The van der Waals surface area contributed by atoms with Gasteiger partial charge in [0.1, 0.15) is 0 Å². The lowest BCUT2D eigenvalue weighted by atomic mass is 10.0. The summed E-state index contributed by atoms with van der Waals surface area (Å²) in [6, 6.07) is 14.3. The first-order chi connectivity index (χ1) is 13.3. The predicted octanol–water partition coefficient (Wildman–Crippen LogP) is 1.38. The molecule has 2 aromatic rings. The Labute approximate surface area is 162 Å². The lowest BCUT2D eigenvalue weighted by Gasteiger charge is -2.11. The summed E-state index contributed by atoms with van der Waals surface area (Å²) in [6.07, 6.45) is 0.360. The van der Waals surface area contributed by atoms with Crippen molar-refractivity contribution in [2.45, 2.75) is 12.5 Å². The summed E-state index contributed by atoms with van der Waals surface area (Å²) in [6.45, 7) is -0.500. The standard InChI is InChI=1S/C20H19NO6S/c22-18(21-17-10-11-28(25,26)13-17)12-27-20(24)16-8-6-15(7-9-16)19(23)14-4-2-1-3-5-14/h1-9,17H,10-13H2,(H,21,22)/t17-/m1/s1. The van der Waals surface area contributed by atoms with Gasteiger partial charge in [0.25, 0.3) is 5.91 Å². The van der Waals surface area contributed by atoms with Crippen molar-refractivity contribution >= 4 is 27.5 Å². The van der Waals surface area contributed by atoms with Gasteiger partial charge in [-0.3, -0.25) is 9.59 Å². The predicted molar refractivity (Wildman–Crippen MR) is 102 cm³/mol. The number of carbonyl (C=O) groups is 3. The fourth-order valence-corrected chi connectivity index (χ4v) is 4.58. The van der Waals surface area contributed by atoms with Gasteiger partial charge in [0, 0.05) is 17.2 Å². The van der Waals surface area contributed by atoms with Crippen LogP contribution < -0.4 is 5.32 Å². The Morgan fingerprint density at radius 1 is 0.929 bits per heavy atom. The van der Waals surface area contributed by atoms with Crippen LogP contribution in [0, 0.1) is 0 Å². The number of amides is 1. The van der Waals surface area contributed by atoms with Crippen LogP contribution in [0.2, 0.25) is 0 Å². The average molecular weight is 401 g/mol. The molecule has 2 aromatic carbocycles. The van der Waals surface area contributed by atoms with E-state index >= 15 is 0 Å². The molecule has 0 spiro atoms. The van der Waals surface area contributed by atoms with E-state index in [-0.39, 0.29) is 22.9 Å². The zero-order chi connectivity index (χ0) is 20.1. The maximum atomic E-state index is 12.3. The number of carbonyl (C=O) groups excluding carboxylic acids is 3. The lowest BCUT2D eigenvalue weighted by Crippen LogP contribution is -2.38. The zero-order valence-corrected chi connectivity index (χ0v) is 15.8. The number of esters is 1. The molecular weight excluding hydrogens is 382 g/mol. The molecule has 1 atom stereocenters. The Bertz CT molecular complexity index is 983. The van der Waals surface area contributed by atoms with E-state index < -0.39 is 34.4 Å². The Balaban J connectivity index is 1.52. The van der Waals surface area contributed by atoms with E-state index in [1.165, 1.54) is 24.3 Å². The third-order valence-electron chi connectivity index (χ3n) is 4.35. The number of sulfone groups is 1. The monoisotopic (exact) mass is 401 g/mol. The number of nitrogens with one attached hydrogen (secondary N) is 1. The number of ether oxygens (including phenoxy) is 1. The molecule has 1 saturated heterocycles. The average Bonchev–Trinajstić information content (AvgIpc) is 3.04. The molecule has 28 heavy (non-hydrogen) atoms. The van der Waals surface area contributed by atoms with Gasteiger partial charge in [0.05, 0.1) is 17.1 Å². The summed E-state index contributed by atoms with van der Waals surface area (Å²) in [4.78, 5) is 36.2. The minimum Gasteiger partial charge on any atom is -0.452 e. The van der Waals surface area contributed by atoms with Crippen molar-refractivity contribution in [3.05, 3.63) is 71.3 Å². The maximum Gasteiger partial charge on any atom is 0.338 e. The van der Waals surface area contributed by atoms with Gasteiger partial charge in [0.15, 0.2) is 22.2 Å². The van der Waals surface area contributed by atoms with Crippen molar-refractivity contribution in [2.75, 3.05) is 18.1 Å². The molecule has 0 aliphatic carbocycles. The fourth-order valence-electron chi connectivity index (χ4n) is 2.91. The normalized spacial score (nSPS) is 17.6. The van der Waals surface area contributed by atoms with E-state index in [1.54, 1.807) is 24.3 Å². The number of hydrogen-bond acceptors (Lipinski definition) is 6. The number of hydrogen-bond donors (Lipinski definition) is 1. The molecule has 1 aliphatic heterocycles. The third-order valence-corrected chi connectivity index (χ3v) is 6.12. The highest BCUT2D eigenvalue weighted by Crippen LogP contribution is 2.13. The molecule has 0 saturated carbocycles. The highest BCUT2D eigenvalue weighted by atomic mass is 32.2. The van der Waals surface area contributed by atoms with E-state index in [0.29, 0.717) is 17.5 Å². The van der Waals surface area contributed by atoms with Gasteiger partial charge in [-0.2, -0.15) is 0 Å². The van der Waals surface area contributed by atoms with Crippen molar-refractivity contribution in [3.63, 3.8) is 0 Å². The van der Waals surface area contributed by atoms with Gasteiger partial charge in [-0.1, -0.05) is 42.5 Å². The van der Waals surface area contributed by atoms with Crippen molar-refractivity contribution in [1.82, 2.24) is 5.32 Å². The fraction of sp³-hybridized carbons (Fsp3) is 0.250. The van der Waals surface area contributed by atoms with Crippen LogP contribution in [0.25, 0.3) is 0 Å². The van der Waals surface area contributed by atoms with Gasteiger partial charge in [0.2, 0.25) is 0 Å².